The second kappa shape index (κ2) is 6.88. The molecular weight excluding hydrogens is 262 g/mol. The zero-order valence-corrected chi connectivity index (χ0v) is 14.2. The van der Waals surface area contributed by atoms with Crippen LogP contribution in [0.2, 0.25) is 19.6 Å². The number of aliphatic hydroxyl groups is 1. The topological polar surface area (TPSA) is 32.3 Å². The van der Waals surface area contributed by atoms with Crippen molar-refractivity contribution in [3.8, 4) is 0 Å². The van der Waals surface area contributed by atoms with Gasteiger partial charge in [-0.15, -0.1) is 0 Å². The molecule has 0 radical (unpaired) electrons. The molecule has 1 aliphatic carbocycles. The fourth-order valence-corrected chi connectivity index (χ4v) is 4.06. The SMILES string of the molecule is C[Si](C)(C)c1ccc(CNC2CCCCCC2O)cc1. The van der Waals surface area contributed by atoms with Gasteiger partial charge in [0.05, 0.1) is 14.2 Å². The van der Waals surface area contributed by atoms with Crippen LogP contribution in [0.5, 0.6) is 0 Å². The van der Waals surface area contributed by atoms with Crippen LogP contribution in [0.3, 0.4) is 0 Å². The summed E-state index contributed by atoms with van der Waals surface area (Å²) in [6, 6.07) is 9.32. The van der Waals surface area contributed by atoms with Gasteiger partial charge < -0.3 is 10.4 Å². The predicted octanol–water partition coefficient (Wildman–Crippen LogP) is 3.02. The quantitative estimate of drug-likeness (QED) is 0.660. The molecule has 0 heterocycles. The van der Waals surface area contributed by atoms with E-state index in [1.54, 1.807) is 0 Å². The molecule has 112 valence electrons. The Morgan fingerprint density at radius 2 is 1.70 bits per heavy atom. The Hall–Kier alpha value is -0.643. The highest BCUT2D eigenvalue weighted by Gasteiger charge is 2.21. The first kappa shape index (κ1) is 15.7. The lowest BCUT2D eigenvalue weighted by Crippen LogP contribution is -2.39. The molecule has 3 heteroatoms. The summed E-state index contributed by atoms with van der Waals surface area (Å²) in [5.41, 5.74) is 1.32. The summed E-state index contributed by atoms with van der Waals surface area (Å²) in [6.45, 7) is 8.00. The van der Waals surface area contributed by atoms with Crippen LogP contribution in [-0.2, 0) is 6.54 Å². The van der Waals surface area contributed by atoms with Crippen LogP contribution in [0.1, 0.15) is 37.7 Å². The van der Waals surface area contributed by atoms with Crippen LogP contribution in [0.4, 0.5) is 0 Å². The molecule has 2 atom stereocenters. The molecule has 0 aromatic heterocycles. The summed E-state index contributed by atoms with van der Waals surface area (Å²) in [7, 11) is -1.19. The molecule has 2 unspecified atom stereocenters. The van der Waals surface area contributed by atoms with Gasteiger partial charge in [-0.1, -0.05) is 68.4 Å². The number of aliphatic hydroxyl groups excluding tert-OH is 1. The van der Waals surface area contributed by atoms with Crippen molar-refractivity contribution in [3.05, 3.63) is 29.8 Å². The molecular formula is C17H29NOSi. The molecule has 0 aliphatic heterocycles. The zero-order chi connectivity index (χ0) is 14.6. The van der Waals surface area contributed by atoms with Gasteiger partial charge in [-0.3, -0.25) is 0 Å². The largest absolute Gasteiger partial charge is 0.392 e. The molecule has 0 spiro atoms. The van der Waals surface area contributed by atoms with Gasteiger partial charge in [0.25, 0.3) is 0 Å². The fourth-order valence-electron chi connectivity index (χ4n) is 2.90. The number of nitrogens with one attached hydrogen (secondary N) is 1. The van der Waals surface area contributed by atoms with Crippen molar-refractivity contribution >= 4 is 13.3 Å². The monoisotopic (exact) mass is 291 g/mol. The van der Waals surface area contributed by atoms with Crippen molar-refractivity contribution in [1.29, 1.82) is 0 Å². The first-order chi connectivity index (χ1) is 9.47. The number of hydrogen-bond donors (Lipinski definition) is 2. The highest BCUT2D eigenvalue weighted by atomic mass is 28.3. The van der Waals surface area contributed by atoms with Gasteiger partial charge in [0.2, 0.25) is 0 Å². The van der Waals surface area contributed by atoms with Gasteiger partial charge in [-0.05, 0) is 18.4 Å². The predicted molar refractivity (Wildman–Crippen MR) is 89.1 cm³/mol. The third-order valence-corrected chi connectivity index (χ3v) is 6.43. The van der Waals surface area contributed by atoms with Gasteiger partial charge in [0.1, 0.15) is 0 Å². The third-order valence-electron chi connectivity index (χ3n) is 4.37. The van der Waals surface area contributed by atoms with E-state index >= 15 is 0 Å². The Morgan fingerprint density at radius 3 is 2.35 bits per heavy atom. The minimum Gasteiger partial charge on any atom is -0.392 e. The Balaban J connectivity index is 1.90. The maximum Gasteiger partial charge on any atom is 0.0775 e. The van der Waals surface area contributed by atoms with Gasteiger partial charge in [-0.2, -0.15) is 0 Å². The maximum absolute atomic E-state index is 10.1. The molecule has 2 nitrogen and oxygen atoms in total. The lowest BCUT2D eigenvalue weighted by Gasteiger charge is -2.22. The van der Waals surface area contributed by atoms with Gasteiger partial charge in [0.15, 0.2) is 0 Å². The van der Waals surface area contributed by atoms with E-state index in [0.29, 0.717) is 0 Å². The minimum absolute atomic E-state index is 0.168. The highest BCUT2D eigenvalue weighted by molar-refractivity contribution is 6.88. The number of rotatable bonds is 4. The van der Waals surface area contributed by atoms with E-state index in [9.17, 15) is 5.11 Å². The van der Waals surface area contributed by atoms with E-state index in [1.807, 2.05) is 0 Å². The third kappa shape index (κ3) is 4.44. The first-order valence-electron chi connectivity index (χ1n) is 7.98. The lowest BCUT2D eigenvalue weighted by molar-refractivity contribution is 0.119. The normalized spacial score (nSPS) is 24.4. The minimum atomic E-state index is -1.19. The Morgan fingerprint density at radius 1 is 1.05 bits per heavy atom. The number of benzene rings is 1. The molecule has 2 N–H and O–H groups in total. The molecule has 0 amide bonds. The molecule has 20 heavy (non-hydrogen) atoms. The molecule has 0 bridgehead atoms. The molecule has 1 aromatic rings. The lowest BCUT2D eigenvalue weighted by atomic mass is 10.1. The van der Waals surface area contributed by atoms with Crippen LogP contribution in [0.25, 0.3) is 0 Å². The molecule has 1 saturated carbocycles. The van der Waals surface area contributed by atoms with E-state index in [4.69, 9.17) is 0 Å². The van der Waals surface area contributed by atoms with E-state index in [1.165, 1.54) is 30.0 Å². The Labute approximate surface area is 124 Å². The van der Waals surface area contributed by atoms with Crippen molar-refractivity contribution in [1.82, 2.24) is 5.32 Å². The van der Waals surface area contributed by atoms with Gasteiger partial charge in [-0.25, -0.2) is 0 Å². The molecule has 0 saturated heterocycles. The van der Waals surface area contributed by atoms with Crippen molar-refractivity contribution in [2.24, 2.45) is 0 Å². The Bertz CT molecular complexity index is 410. The van der Waals surface area contributed by atoms with E-state index in [2.05, 4.69) is 49.2 Å². The van der Waals surface area contributed by atoms with Crippen molar-refractivity contribution in [2.45, 2.75) is 70.4 Å². The standard InChI is InChI=1S/C17H29NOSi/c1-20(2,3)15-11-9-14(10-12-15)13-18-16-7-5-4-6-8-17(16)19/h9-12,16-19H,4-8,13H2,1-3H3. The molecule has 1 fully saturated rings. The van der Waals surface area contributed by atoms with Crippen LogP contribution in [-0.4, -0.2) is 25.3 Å². The van der Waals surface area contributed by atoms with Crippen LogP contribution >= 0.6 is 0 Å². The molecule has 2 rings (SSSR count). The summed E-state index contributed by atoms with van der Waals surface area (Å²) in [5, 5.41) is 15.2. The molecule has 1 aromatic carbocycles. The van der Waals surface area contributed by atoms with E-state index in [-0.39, 0.29) is 12.1 Å². The second-order valence-electron chi connectivity index (χ2n) is 7.14. The average molecular weight is 292 g/mol. The summed E-state index contributed by atoms with van der Waals surface area (Å²) in [6.07, 6.45) is 5.56. The van der Waals surface area contributed by atoms with E-state index < -0.39 is 8.07 Å². The second-order valence-corrected chi connectivity index (χ2v) is 12.2. The smallest absolute Gasteiger partial charge is 0.0775 e. The Kier molecular flexibility index (Phi) is 5.41. The number of hydrogen-bond acceptors (Lipinski definition) is 2. The summed E-state index contributed by atoms with van der Waals surface area (Å²) >= 11 is 0. The summed E-state index contributed by atoms with van der Waals surface area (Å²) < 4.78 is 0. The van der Waals surface area contributed by atoms with Crippen LogP contribution in [0, 0.1) is 0 Å². The van der Waals surface area contributed by atoms with Crippen molar-refractivity contribution in [3.63, 3.8) is 0 Å². The van der Waals surface area contributed by atoms with Gasteiger partial charge in [0, 0.05) is 12.6 Å². The summed E-state index contributed by atoms with van der Waals surface area (Å²) in [4.78, 5) is 0. The zero-order valence-electron chi connectivity index (χ0n) is 13.2. The fraction of sp³-hybridized carbons (Fsp3) is 0.647. The average Bonchev–Trinajstić information content (AvgIpc) is 2.61. The maximum atomic E-state index is 10.1. The first-order valence-corrected chi connectivity index (χ1v) is 11.5. The van der Waals surface area contributed by atoms with Crippen LogP contribution < -0.4 is 10.5 Å². The van der Waals surface area contributed by atoms with Crippen molar-refractivity contribution < 1.29 is 5.11 Å². The van der Waals surface area contributed by atoms with Crippen molar-refractivity contribution in [2.75, 3.05) is 0 Å². The van der Waals surface area contributed by atoms with Crippen LogP contribution in [0.15, 0.2) is 24.3 Å². The highest BCUT2D eigenvalue weighted by Crippen LogP contribution is 2.18. The van der Waals surface area contributed by atoms with Gasteiger partial charge >= 0.3 is 0 Å². The molecule has 1 aliphatic rings. The summed E-state index contributed by atoms with van der Waals surface area (Å²) in [5.74, 6) is 0. The van der Waals surface area contributed by atoms with E-state index in [0.717, 1.165) is 19.4 Å².